The van der Waals surface area contributed by atoms with E-state index in [4.69, 9.17) is 0 Å². The average molecular weight is 229 g/mol. The summed E-state index contributed by atoms with van der Waals surface area (Å²) in [5, 5.41) is 2.80. The van der Waals surface area contributed by atoms with E-state index in [0.29, 0.717) is 0 Å². The van der Waals surface area contributed by atoms with Crippen LogP contribution in [0.1, 0.15) is 39.0 Å². The molecule has 1 amide bonds. The van der Waals surface area contributed by atoms with Gasteiger partial charge < -0.3 is 5.32 Å². The number of anilines is 1. The van der Waals surface area contributed by atoms with Gasteiger partial charge in [0.05, 0.1) is 6.42 Å². The van der Waals surface area contributed by atoms with Crippen molar-refractivity contribution in [2.24, 2.45) is 0 Å². The van der Waals surface area contributed by atoms with Gasteiger partial charge in [0, 0.05) is 12.1 Å². The van der Waals surface area contributed by atoms with Gasteiger partial charge in [-0.2, -0.15) is 0 Å². The van der Waals surface area contributed by atoms with Crippen LogP contribution in [0.5, 0.6) is 0 Å². The number of nitrogens with one attached hydrogen (secondary N) is 1. The van der Waals surface area contributed by atoms with Crippen LogP contribution in [-0.4, -0.2) is 5.91 Å². The lowest BCUT2D eigenvalue weighted by Crippen LogP contribution is -2.09. The van der Waals surface area contributed by atoms with Gasteiger partial charge in [0.2, 0.25) is 5.91 Å². The number of unbranched alkanes of at least 4 members (excludes halogenated alkanes) is 3. The van der Waals surface area contributed by atoms with Crippen molar-refractivity contribution >= 4 is 11.6 Å². The van der Waals surface area contributed by atoms with E-state index < -0.39 is 0 Å². The van der Waals surface area contributed by atoms with Gasteiger partial charge in [-0.15, -0.1) is 5.92 Å². The smallest absolute Gasteiger partial charge is 0.236 e. The van der Waals surface area contributed by atoms with Gasteiger partial charge in [0.25, 0.3) is 0 Å². The largest absolute Gasteiger partial charge is 0.325 e. The third kappa shape index (κ3) is 6.42. The van der Waals surface area contributed by atoms with Crippen LogP contribution in [0, 0.1) is 11.8 Å². The third-order valence-electron chi connectivity index (χ3n) is 2.34. The van der Waals surface area contributed by atoms with Crippen LogP contribution in [0.2, 0.25) is 0 Å². The van der Waals surface area contributed by atoms with Crippen LogP contribution in [0.4, 0.5) is 5.69 Å². The Morgan fingerprint density at radius 2 is 1.94 bits per heavy atom. The molecular formula is C15H19NO. The van der Waals surface area contributed by atoms with Crippen molar-refractivity contribution in [2.75, 3.05) is 5.32 Å². The SMILES string of the molecule is CCCCCC#CCC(=O)Nc1ccccc1. The van der Waals surface area contributed by atoms with E-state index in [1.54, 1.807) is 0 Å². The van der Waals surface area contributed by atoms with Crippen molar-refractivity contribution < 1.29 is 4.79 Å². The fraction of sp³-hybridized carbons (Fsp3) is 0.400. The predicted octanol–water partition coefficient (Wildman–Crippen LogP) is 3.60. The minimum Gasteiger partial charge on any atom is -0.325 e. The molecule has 90 valence electrons. The quantitative estimate of drug-likeness (QED) is 0.606. The van der Waals surface area contributed by atoms with E-state index in [0.717, 1.165) is 18.5 Å². The first-order chi connectivity index (χ1) is 8.33. The summed E-state index contributed by atoms with van der Waals surface area (Å²) < 4.78 is 0. The van der Waals surface area contributed by atoms with Crippen molar-refractivity contribution in [3.05, 3.63) is 30.3 Å². The minimum atomic E-state index is -0.0424. The number of carbonyl (C=O) groups excluding carboxylic acids is 1. The van der Waals surface area contributed by atoms with Gasteiger partial charge in [-0.05, 0) is 18.6 Å². The molecule has 1 rings (SSSR count). The van der Waals surface area contributed by atoms with Crippen molar-refractivity contribution in [1.82, 2.24) is 0 Å². The van der Waals surface area contributed by atoms with Crippen LogP contribution in [0.15, 0.2) is 30.3 Å². The Labute approximate surface area is 103 Å². The number of amides is 1. The van der Waals surface area contributed by atoms with Gasteiger partial charge in [0.15, 0.2) is 0 Å². The van der Waals surface area contributed by atoms with Gasteiger partial charge in [0.1, 0.15) is 0 Å². The molecule has 0 aliphatic rings. The van der Waals surface area contributed by atoms with Crippen LogP contribution < -0.4 is 5.32 Å². The fourth-order valence-corrected chi connectivity index (χ4v) is 1.42. The monoisotopic (exact) mass is 229 g/mol. The first-order valence-electron chi connectivity index (χ1n) is 6.13. The predicted molar refractivity (Wildman–Crippen MR) is 71.6 cm³/mol. The maximum absolute atomic E-state index is 11.5. The van der Waals surface area contributed by atoms with Crippen molar-refractivity contribution in [3.8, 4) is 11.8 Å². The Morgan fingerprint density at radius 1 is 1.18 bits per heavy atom. The highest BCUT2D eigenvalue weighted by atomic mass is 16.1. The molecule has 0 atom stereocenters. The number of benzene rings is 1. The van der Waals surface area contributed by atoms with E-state index in [1.807, 2.05) is 30.3 Å². The number of hydrogen-bond acceptors (Lipinski definition) is 1. The third-order valence-corrected chi connectivity index (χ3v) is 2.34. The molecular weight excluding hydrogens is 210 g/mol. The molecule has 2 heteroatoms. The summed E-state index contributed by atoms with van der Waals surface area (Å²) in [5.74, 6) is 5.89. The van der Waals surface area contributed by atoms with E-state index in [-0.39, 0.29) is 12.3 Å². The van der Waals surface area contributed by atoms with Crippen LogP contribution in [0.25, 0.3) is 0 Å². The first-order valence-corrected chi connectivity index (χ1v) is 6.13. The standard InChI is InChI=1S/C15H19NO/c1-2-3-4-5-6-10-13-15(17)16-14-11-8-7-9-12-14/h7-9,11-12H,2-5,13H2,1H3,(H,16,17). The number of para-hydroxylation sites is 1. The molecule has 0 spiro atoms. The van der Waals surface area contributed by atoms with Crippen molar-refractivity contribution in [3.63, 3.8) is 0 Å². The Balaban J connectivity index is 2.21. The zero-order valence-corrected chi connectivity index (χ0v) is 10.3. The second-order valence-corrected chi connectivity index (χ2v) is 3.90. The average Bonchev–Trinajstić information content (AvgIpc) is 2.35. The molecule has 0 aliphatic heterocycles. The number of carbonyl (C=O) groups is 1. The lowest BCUT2D eigenvalue weighted by atomic mass is 10.2. The zero-order chi connectivity index (χ0) is 12.3. The molecule has 0 radical (unpaired) electrons. The number of hydrogen-bond donors (Lipinski definition) is 1. The summed E-state index contributed by atoms with van der Waals surface area (Å²) in [5.41, 5.74) is 0.824. The Bertz CT molecular complexity index is 386. The van der Waals surface area contributed by atoms with Crippen molar-refractivity contribution in [2.45, 2.75) is 39.0 Å². The summed E-state index contributed by atoms with van der Waals surface area (Å²) in [7, 11) is 0. The van der Waals surface area contributed by atoms with E-state index in [1.165, 1.54) is 12.8 Å². The lowest BCUT2D eigenvalue weighted by molar-refractivity contribution is -0.115. The zero-order valence-electron chi connectivity index (χ0n) is 10.3. The maximum atomic E-state index is 11.5. The highest BCUT2D eigenvalue weighted by Crippen LogP contribution is 2.05. The molecule has 0 aromatic heterocycles. The van der Waals surface area contributed by atoms with Crippen molar-refractivity contribution in [1.29, 1.82) is 0 Å². The Morgan fingerprint density at radius 3 is 2.65 bits per heavy atom. The minimum absolute atomic E-state index is 0.0424. The molecule has 1 N–H and O–H groups in total. The van der Waals surface area contributed by atoms with Gasteiger partial charge >= 0.3 is 0 Å². The molecule has 1 aromatic carbocycles. The van der Waals surface area contributed by atoms with Crippen LogP contribution >= 0.6 is 0 Å². The van der Waals surface area contributed by atoms with E-state index in [2.05, 4.69) is 24.1 Å². The summed E-state index contributed by atoms with van der Waals surface area (Å²) in [6, 6.07) is 9.44. The first kappa shape index (κ1) is 13.3. The molecule has 0 bridgehead atoms. The highest BCUT2D eigenvalue weighted by molar-refractivity contribution is 5.92. The summed E-state index contributed by atoms with van der Waals surface area (Å²) in [6.07, 6.45) is 4.72. The van der Waals surface area contributed by atoms with Gasteiger partial charge in [-0.25, -0.2) is 0 Å². The van der Waals surface area contributed by atoms with Gasteiger partial charge in [-0.3, -0.25) is 4.79 Å². The van der Waals surface area contributed by atoms with E-state index >= 15 is 0 Å². The molecule has 0 saturated heterocycles. The number of rotatable bonds is 5. The highest BCUT2D eigenvalue weighted by Gasteiger charge is 1.97. The van der Waals surface area contributed by atoms with Gasteiger partial charge in [-0.1, -0.05) is 43.9 Å². The molecule has 2 nitrogen and oxygen atoms in total. The normalized spacial score (nSPS) is 9.24. The van der Waals surface area contributed by atoms with Crippen LogP contribution in [0.3, 0.4) is 0 Å². The fourth-order valence-electron chi connectivity index (χ4n) is 1.42. The lowest BCUT2D eigenvalue weighted by Gasteiger charge is -2.00. The molecule has 0 aliphatic carbocycles. The molecule has 1 aromatic rings. The molecule has 17 heavy (non-hydrogen) atoms. The van der Waals surface area contributed by atoms with E-state index in [9.17, 15) is 4.79 Å². The summed E-state index contributed by atoms with van der Waals surface area (Å²) in [4.78, 5) is 11.5. The summed E-state index contributed by atoms with van der Waals surface area (Å²) in [6.45, 7) is 2.17. The summed E-state index contributed by atoms with van der Waals surface area (Å²) >= 11 is 0. The Hall–Kier alpha value is -1.75. The molecule has 0 unspecified atom stereocenters. The molecule has 0 heterocycles. The maximum Gasteiger partial charge on any atom is 0.236 e. The molecule has 0 fully saturated rings. The Kier molecular flexibility index (Phi) is 6.59. The molecule has 0 saturated carbocycles. The second kappa shape index (κ2) is 8.41. The van der Waals surface area contributed by atoms with Crippen LogP contribution in [-0.2, 0) is 4.79 Å². The topological polar surface area (TPSA) is 29.1 Å². The second-order valence-electron chi connectivity index (χ2n) is 3.90.